The van der Waals surface area contributed by atoms with Gasteiger partial charge in [0.05, 0.1) is 6.54 Å². The fraction of sp³-hybridized carbons (Fsp3) is 0.143. The van der Waals surface area contributed by atoms with E-state index in [-0.39, 0.29) is 24.2 Å². The molecule has 0 fully saturated rings. The van der Waals surface area contributed by atoms with E-state index in [1.807, 2.05) is 6.07 Å². The molecule has 2 N–H and O–H groups in total. The van der Waals surface area contributed by atoms with Crippen LogP contribution in [0.15, 0.2) is 30.3 Å². The van der Waals surface area contributed by atoms with Gasteiger partial charge in [-0.2, -0.15) is 5.10 Å². The SMILES string of the molecule is O=CCc1c(C(=O)O)nn(Cc2ccccc2)c1C(=O)O. The molecule has 0 aliphatic rings. The lowest BCUT2D eigenvalue weighted by atomic mass is 10.1. The van der Waals surface area contributed by atoms with Crippen molar-refractivity contribution in [3.63, 3.8) is 0 Å². The van der Waals surface area contributed by atoms with Gasteiger partial charge in [-0.1, -0.05) is 30.3 Å². The number of rotatable bonds is 6. The number of carbonyl (C=O) groups excluding carboxylic acids is 1. The molecule has 0 radical (unpaired) electrons. The molecule has 0 saturated heterocycles. The van der Waals surface area contributed by atoms with E-state index in [0.717, 1.165) is 10.2 Å². The van der Waals surface area contributed by atoms with E-state index >= 15 is 0 Å². The van der Waals surface area contributed by atoms with Gasteiger partial charge in [-0.3, -0.25) is 4.68 Å². The van der Waals surface area contributed by atoms with Gasteiger partial charge in [-0.25, -0.2) is 9.59 Å². The lowest BCUT2D eigenvalue weighted by Gasteiger charge is -2.05. The Morgan fingerprint density at radius 3 is 2.33 bits per heavy atom. The van der Waals surface area contributed by atoms with E-state index in [4.69, 9.17) is 5.11 Å². The van der Waals surface area contributed by atoms with E-state index < -0.39 is 17.6 Å². The normalized spacial score (nSPS) is 10.3. The van der Waals surface area contributed by atoms with Crippen molar-refractivity contribution in [3.05, 3.63) is 52.8 Å². The lowest BCUT2D eigenvalue weighted by Crippen LogP contribution is -2.12. The van der Waals surface area contributed by atoms with Crippen LogP contribution in [0.25, 0.3) is 0 Å². The molecular formula is C14H12N2O5. The zero-order valence-electron chi connectivity index (χ0n) is 10.9. The molecule has 2 rings (SSSR count). The third kappa shape index (κ3) is 2.97. The lowest BCUT2D eigenvalue weighted by molar-refractivity contribution is -0.107. The van der Waals surface area contributed by atoms with Crippen LogP contribution in [-0.2, 0) is 17.8 Å². The van der Waals surface area contributed by atoms with Gasteiger partial charge in [0.25, 0.3) is 0 Å². The minimum absolute atomic E-state index is 0.0825. The standard InChI is InChI=1S/C14H12N2O5/c17-7-6-10-11(13(18)19)15-16(12(10)14(20)21)8-9-4-2-1-3-5-9/h1-5,7H,6,8H2,(H,18,19)(H,20,21). The molecule has 0 aliphatic heterocycles. The first kappa shape index (κ1) is 14.4. The van der Waals surface area contributed by atoms with Gasteiger partial charge in [-0.05, 0) is 5.56 Å². The minimum atomic E-state index is -1.36. The van der Waals surface area contributed by atoms with Crippen molar-refractivity contribution in [1.29, 1.82) is 0 Å². The quantitative estimate of drug-likeness (QED) is 0.769. The molecule has 21 heavy (non-hydrogen) atoms. The van der Waals surface area contributed by atoms with E-state index in [9.17, 15) is 19.5 Å². The summed E-state index contributed by atoms with van der Waals surface area (Å²) >= 11 is 0. The third-order valence-corrected chi connectivity index (χ3v) is 2.92. The number of carboxylic acids is 2. The number of hydrogen-bond acceptors (Lipinski definition) is 4. The van der Waals surface area contributed by atoms with Crippen molar-refractivity contribution in [2.75, 3.05) is 0 Å². The Balaban J connectivity index is 2.54. The van der Waals surface area contributed by atoms with Crippen LogP contribution in [0.1, 0.15) is 32.1 Å². The van der Waals surface area contributed by atoms with E-state index in [1.54, 1.807) is 24.3 Å². The predicted octanol–water partition coefficient (Wildman–Crippen LogP) is 1.07. The Hall–Kier alpha value is -2.96. The third-order valence-electron chi connectivity index (χ3n) is 2.92. The molecule has 0 bridgehead atoms. The highest BCUT2D eigenvalue weighted by atomic mass is 16.4. The maximum atomic E-state index is 11.4. The highest BCUT2D eigenvalue weighted by Gasteiger charge is 2.26. The summed E-state index contributed by atoms with van der Waals surface area (Å²) in [5, 5.41) is 22.2. The highest BCUT2D eigenvalue weighted by molar-refractivity contribution is 5.95. The van der Waals surface area contributed by atoms with E-state index in [1.165, 1.54) is 0 Å². The summed E-state index contributed by atoms with van der Waals surface area (Å²) in [6, 6.07) is 8.92. The average molecular weight is 288 g/mol. The topological polar surface area (TPSA) is 109 Å². The Kier molecular flexibility index (Phi) is 4.13. The molecule has 0 aliphatic carbocycles. The van der Waals surface area contributed by atoms with Crippen molar-refractivity contribution in [3.8, 4) is 0 Å². The number of aromatic nitrogens is 2. The molecular weight excluding hydrogens is 276 g/mol. The Morgan fingerprint density at radius 1 is 1.14 bits per heavy atom. The monoisotopic (exact) mass is 288 g/mol. The molecule has 108 valence electrons. The van der Waals surface area contributed by atoms with Crippen LogP contribution in [0.5, 0.6) is 0 Å². The number of carboxylic acid groups (broad SMARTS) is 2. The largest absolute Gasteiger partial charge is 0.477 e. The zero-order chi connectivity index (χ0) is 15.4. The number of hydrogen-bond donors (Lipinski definition) is 2. The second-order valence-electron chi connectivity index (χ2n) is 4.30. The van der Waals surface area contributed by atoms with Crippen molar-refractivity contribution < 1.29 is 24.6 Å². The molecule has 7 heteroatoms. The number of benzene rings is 1. The van der Waals surface area contributed by atoms with Crippen molar-refractivity contribution in [2.45, 2.75) is 13.0 Å². The van der Waals surface area contributed by atoms with Crippen LogP contribution in [-0.4, -0.2) is 38.2 Å². The first-order valence-electron chi connectivity index (χ1n) is 6.08. The van der Waals surface area contributed by atoms with Gasteiger partial charge in [0.15, 0.2) is 11.4 Å². The van der Waals surface area contributed by atoms with E-state index in [2.05, 4.69) is 5.10 Å². The summed E-state index contributed by atoms with van der Waals surface area (Å²) in [4.78, 5) is 33.2. The molecule has 0 unspecified atom stereocenters. The summed E-state index contributed by atoms with van der Waals surface area (Å²) in [6.45, 7) is 0.113. The van der Waals surface area contributed by atoms with Crippen molar-refractivity contribution in [1.82, 2.24) is 9.78 Å². The summed E-state index contributed by atoms with van der Waals surface area (Å²) in [6.07, 6.45) is 0.154. The van der Waals surface area contributed by atoms with Gasteiger partial charge < -0.3 is 15.0 Å². The number of nitrogens with zero attached hydrogens (tertiary/aromatic N) is 2. The highest BCUT2D eigenvalue weighted by Crippen LogP contribution is 2.17. The molecule has 1 aromatic carbocycles. The van der Waals surface area contributed by atoms with Crippen LogP contribution in [0.2, 0.25) is 0 Å². The summed E-state index contributed by atoms with van der Waals surface area (Å²) < 4.78 is 1.10. The van der Waals surface area contributed by atoms with Gasteiger partial charge in [0.1, 0.15) is 6.29 Å². The minimum Gasteiger partial charge on any atom is -0.477 e. The van der Waals surface area contributed by atoms with Crippen molar-refractivity contribution >= 4 is 18.2 Å². The Labute approximate surface area is 119 Å². The molecule has 0 saturated carbocycles. The number of aldehydes is 1. The average Bonchev–Trinajstić information content (AvgIpc) is 2.79. The van der Waals surface area contributed by atoms with Crippen LogP contribution in [0.4, 0.5) is 0 Å². The first-order chi connectivity index (χ1) is 10.0. The van der Waals surface area contributed by atoms with Crippen LogP contribution in [0, 0.1) is 0 Å². The van der Waals surface area contributed by atoms with Gasteiger partial charge in [-0.15, -0.1) is 0 Å². The van der Waals surface area contributed by atoms with Gasteiger partial charge in [0.2, 0.25) is 0 Å². The van der Waals surface area contributed by atoms with Gasteiger partial charge >= 0.3 is 11.9 Å². The molecule has 1 heterocycles. The molecule has 1 aromatic heterocycles. The molecule has 2 aromatic rings. The number of carbonyl (C=O) groups is 3. The fourth-order valence-corrected chi connectivity index (χ4v) is 2.06. The van der Waals surface area contributed by atoms with Crippen LogP contribution in [0.3, 0.4) is 0 Å². The summed E-state index contributed by atoms with van der Waals surface area (Å²) in [7, 11) is 0. The zero-order valence-corrected chi connectivity index (χ0v) is 10.9. The molecule has 0 amide bonds. The van der Waals surface area contributed by atoms with Crippen LogP contribution >= 0.6 is 0 Å². The summed E-state index contributed by atoms with van der Waals surface area (Å²) in [5.41, 5.74) is 0.0109. The Morgan fingerprint density at radius 2 is 1.81 bits per heavy atom. The molecule has 7 nitrogen and oxygen atoms in total. The summed E-state index contributed by atoms with van der Waals surface area (Å²) in [5.74, 6) is -2.68. The number of aromatic carboxylic acids is 2. The first-order valence-corrected chi connectivity index (χ1v) is 6.08. The predicted molar refractivity (Wildman–Crippen MR) is 71.5 cm³/mol. The smallest absolute Gasteiger partial charge is 0.356 e. The fourth-order valence-electron chi connectivity index (χ4n) is 2.06. The van der Waals surface area contributed by atoms with Gasteiger partial charge in [0, 0.05) is 12.0 Å². The Bertz CT molecular complexity index is 691. The molecule has 0 atom stereocenters. The maximum Gasteiger partial charge on any atom is 0.356 e. The molecule has 0 spiro atoms. The maximum absolute atomic E-state index is 11.4. The van der Waals surface area contributed by atoms with Crippen LogP contribution < -0.4 is 0 Å². The second kappa shape index (κ2) is 6.00. The van der Waals surface area contributed by atoms with E-state index in [0.29, 0.717) is 6.29 Å². The second-order valence-corrected chi connectivity index (χ2v) is 4.30. The van der Waals surface area contributed by atoms with Crippen molar-refractivity contribution in [2.24, 2.45) is 0 Å².